The number of carbonyl (C=O) groups is 1. The van der Waals surface area contributed by atoms with Crippen molar-refractivity contribution in [3.63, 3.8) is 0 Å². The Labute approximate surface area is 220 Å². The van der Waals surface area contributed by atoms with E-state index >= 15 is 0 Å². The van der Waals surface area contributed by atoms with E-state index < -0.39 is 0 Å². The largest absolute Gasteiger partial charge is 0.450 e. The normalized spacial score (nSPS) is 10.4. The van der Waals surface area contributed by atoms with Crippen LogP contribution in [0.2, 0.25) is 0 Å². The van der Waals surface area contributed by atoms with Crippen LogP contribution >= 0.6 is 0 Å². The molecule has 37 heavy (non-hydrogen) atoms. The number of rotatable bonds is 10. The van der Waals surface area contributed by atoms with Gasteiger partial charge in [-0.1, -0.05) is 74.4 Å². The van der Waals surface area contributed by atoms with Crippen molar-refractivity contribution in [2.45, 2.75) is 51.9 Å². The number of nitrogens with zero attached hydrogens (tertiary/aromatic N) is 1. The van der Waals surface area contributed by atoms with Gasteiger partial charge in [0, 0.05) is 35.0 Å². The van der Waals surface area contributed by atoms with Gasteiger partial charge in [-0.15, -0.1) is 0 Å². The van der Waals surface area contributed by atoms with Gasteiger partial charge in [-0.2, -0.15) is 0 Å². The zero-order valence-corrected chi connectivity index (χ0v) is 21.6. The number of unbranched alkanes of at least 4 members (excludes halogenated alkanes) is 5. The molecule has 4 rings (SSSR count). The van der Waals surface area contributed by atoms with Crippen molar-refractivity contribution in [3.05, 3.63) is 78.4 Å². The number of nitrogens with one attached hydrogen (secondary N) is 1. The molecule has 0 fully saturated rings. The lowest BCUT2D eigenvalue weighted by molar-refractivity contribution is 0.144. The molecule has 4 aromatic rings. The molecule has 0 saturated heterocycles. The first kappa shape index (κ1) is 25.9. The highest BCUT2D eigenvalue weighted by atomic mass is 16.5. The summed E-state index contributed by atoms with van der Waals surface area (Å²) in [6.45, 7) is 3.28. The second-order valence-electron chi connectivity index (χ2n) is 9.05. The smallest absolute Gasteiger partial charge is 0.407 e. The molecule has 0 aliphatic rings. The van der Waals surface area contributed by atoms with E-state index in [9.17, 15) is 4.79 Å². The zero-order chi connectivity index (χ0) is 25.7. The van der Waals surface area contributed by atoms with Gasteiger partial charge in [-0.3, -0.25) is 0 Å². The zero-order valence-electron chi connectivity index (χ0n) is 21.6. The van der Waals surface area contributed by atoms with Gasteiger partial charge >= 0.3 is 6.09 Å². The SMILES string of the molecule is CCCCCCNC(=O)OCCCCC#CC#Cc1ccc(-n2c3ccccc3c3ccccc32)cc1. The van der Waals surface area contributed by atoms with Gasteiger partial charge in [0.2, 0.25) is 0 Å². The van der Waals surface area contributed by atoms with E-state index in [1.54, 1.807) is 0 Å². The third kappa shape index (κ3) is 7.18. The van der Waals surface area contributed by atoms with Gasteiger partial charge < -0.3 is 14.6 Å². The second kappa shape index (κ2) is 13.8. The van der Waals surface area contributed by atoms with Gasteiger partial charge in [0.05, 0.1) is 17.6 Å². The van der Waals surface area contributed by atoms with Crippen LogP contribution in [0.5, 0.6) is 0 Å². The van der Waals surface area contributed by atoms with Crippen LogP contribution in [0.15, 0.2) is 72.8 Å². The van der Waals surface area contributed by atoms with E-state index in [1.165, 1.54) is 34.6 Å². The molecule has 0 saturated carbocycles. The number of carbonyl (C=O) groups excluding carboxylic acids is 1. The summed E-state index contributed by atoms with van der Waals surface area (Å²) in [6, 6.07) is 25.3. The minimum absolute atomic E-state index is 0.322. The summed E-state index contributed by atoms with van der Waals surface area (Å²) >= 11 is 0. The Hall–Kier alpha value is -4.15. The van der Waals surface area contributed by atoms with E-state index in [0.717, 1.165) is 43.4 Å². The molecule has 1 N–H and O–H groups in total. The predicted octanol–water partition coefficient (Wildman–Crippen LogP) is 7.62. The average Bonchev–Trinajstić information content (AvgIpc) is 3.27. The average molecular weight is 491 g/mol. The minimum atomic E-state index is -0.322. The summed E-state index contributed by atoms with van der Waals surface area (Å²) in [6.07, 6.45) is 6.65. The molecule has 0 spiro atoms. The molecule has 1 amide bonds. The quantitative estimate of drug-likeness (QED) is 0.184. The summed E-state index contributed by atoms with van der Waals surface area (Å²) in [7, 11) is 0. The lowest BCUT2D eigenvalue weighted by Crippen LogP contribution is -2.25. The van der Waals surface area contributed by atoms with Gasteiger partial charge in [-0.25, -0.2) is 4.79 Å². The molecular weight excluding hydrogens is 456 g/mol. The highest BCUT2D eigenvalue weighted by Crippen LogP contribution is 2.31. The fourth-order valence-electron chi connectivity index (χ4n) is 4.38. The second-order valence-corrected chi connectivity index (χ2v) is 9.05. The fourth-order valence-corrected chi connectivity index (χ4v) is 4.38. The summed E-state index contributed by atoms with van der Waals surface area (Å²) in [5.74, 6) is 12.1. The number of aromatic nitrogens is 1. The Morgan fingerprint density at radius 1 is 0.811 bits per heavy atom. The molecule has 0 aliphatic carbocycles. The van der Waals surface area contributed by atoms with Gasteiger partial charge in [-0.05, 0) is 67.5 Å². The molecule has 0 unspecified atom stereocenters. The third-order valence-corrected chi connectivity index (χ3v) is 6.29. The van der Waals surface area contributed by atoms with Crippen molar-refractivity contribution in [1.82, 2.24) is 9.88 Å². The molecule has 188 valence electrons. The molecule has 0 bridgehead atoms. The number of alkyl carbamates (subject to hydrolysis) is 1. The number of para-hydroxylation sites is 2. The van der Waals surface area contributed by atoms with Crippen LogP contribution in [0.25, 0.3) is 27.5 Å². The van der Waals surface area contributed by atoms with E-state index in [2.05, 4.69) is 101 Å². The van der Waals surface area contributed by atoms with Crippen molar-refractivity contribution in [3.8, 4) is 29.4 Å². The Morgan fingerprint density at radius 2 is 1.51 bits per heavy atom. The topological polar surface area (TPSA) is 43.3 Å². The number of amides is 1. The highest BCUT2D eigenvalue weighted by molar-refractivity contribution is 6.09. The monoisotopic (exact) mass is 490 g/mol. The van der Waals surface area contributed by atoms with Crippen LogP contribution in [0.3, 0.4) is 0 Å². The van der Waals surface area contributed by atoms with Gasteiger partial charge in [0.25, 0.3) is 0 Å². The molecule has 0 radical (unpaired) electrons. The first-order chi connectivity index (χ1) is 18.3. The van der Waals surface area contributed by atoms with Crippen molar-refractivity contribution in [2.24, 2.45) is 0 Å². The highest BCUT2D eigenvalue weighted by Gasteiger charge is 2.10. The Bertz CT molecular complexity index is 1390. The molecule has 4 nitrogen and oxygen atoms in total. The minimum Gasteiger partial charge on any atom is -0.450 e. The van der Waals surface area contributed by atoms with Crippen molar-refractivity contribution >= 4 is 27.9 Å². The van der Waals surface area contributed by atoms with Gasteiger partial charge in [0.1, 0.15) is 0 Å². The predicted molar refractivity (Wildman–Crippen MR) is 153 cm³/mol. The first-order valence-electron chi connectivity index (χ1n) is 13.3. The van der Waals surface area contributed by atoms with Crippen LogP contribution in [0, 0.1) is 23.7 Å². The van der Waals surface area contributed by atoms with Gasteiger partial charge in [0.15, 0.2) is 0 Å². The fraction of sp³-hybridized carbons (Fsp3) is 0.303. The van der Waals surface area contributed by atoms with Crippen molar-refractivity contribution in [2.75, 3.05) is 13.2 Å². The molecule has 0 aliphatic heterocycles. The number of hydrogen-bond donors (Lipinski definition) is 1. The summed E-state index contributed by atoms with van der Waals surface area (Å²) in [5, 5.41) is 5.30. The number of benzene rings is 3. The van der Waals surface area contributed by atoms with E-state index in [-0.39, 0.29) is 6.09 Å². The molecule has 3 aromatic carbocycles. The van der Waals surface area contributed by atoms with E-state index in [0.29, 0.717) is 13.2 Å². The standard InChI is InChI=1S/C33H34N2O2/c1-2-3-4-14-25-34-33(36)37-26-15-8-6-5-7-9-16-27-21-23-28(24-22-27)35-31-19-12-10-17-29(31)30-18-11-13-20-32(30)35/h10-13,17-24H,2-4,6,8,14-15,25-26H2,1H3,(H,34,36). The van der Waals surface area contributed by atoms with E-state index in [4.69, 9.17) is 4.74 Å². The number of hydrogen-bond acceptors (Lipinski definition) is 2. The van der Waals surface area contributed by atoms with Crippen molar-refractivity contribution in [1.29, 1.82) is 0 Å². The summed E-state index contributed by atoms with van der Waals surface area (Å²) in [5.41, 5.74) is 4.44. The summed E-state index contributed by atoms with van der Waals surface area (Å²) in [4.78, 5) is 11.6. The van der Waals surface area contributed by atoms with Crippen LogP contribution < -0.4 is 5.32 Å². The molecular formula is C33H34N2O2. The maximum atomic E-state index is 11.6. The maximum Gasteiger partial charge on any atom is 0.407 e. The number of fused-ring (bicyclic) bond motifs is 3. The molecule has 4 heteroatoms. The maximum absolute atomic E-state index is 11.6. The Kier molecular flexibility index (Phi) is 9.68. The van der Waals surface area contributed by atoms with Crippen molar-refractivity contribution < 1.29 is 9.53 Å². The van der Waals surface area contributed by atoms with Crippen LogP contribution in [0.1, 0.15) is 57.4 Å². The van der Waals surface area contributed by atoms with Crippen LogP contribution in [-0.4, -0.2) is 23.8 Å². The first-order valence-corrected chi connectivity index (χ1v) is 13.3. The lowest BCUT2D eigenvalue weighted by atomic mass is 10.2. The Morgan fingerprint density at radius 3 is 2.22 bits per heavy atom. The molecule has 1 heterocycles. The lowest BCUT2D eigenvalue weighted by Gasteiger charge is -2.07. The number of ether oxygens (including phenoxy) is 1. The van der Waals surface area contributed by atoms with Crippen LogP contribution in [-0.2, 0) is 4.74 Å². The summed E-state index contributed by atoms with van der Waals surface area (Å²) < 4.78 is 7.48. The molecule has 1 aromatic heterocycles. The third-order valence-electron chi connectivity index (χ3n) is 6.29. The molecule has 0 atom stereocenters. The Balaban J connectivity index is 1.23. The van der Waals surface area contributed by atoms with Crippen LogP contribution in [0.4, 0.5) is 4.79 Å². The van der Waals surface area contributed by atoms with E-state index in [1.807, 2.05) is 12.1 Å².